The van der Waals surface area contributed by atoms with Crippen LogP contribution in [0.4, 0.5) is 0 Å². The normalized spacial score (nSPS) is 17.8. The van der Waals surface area contributed by atoms with Gasteiger partial charge in [0.15, 0.2) is 11.2 Å². The van der Waals surface area contributed by atoms with E-state index in [4.69, 9.17) is 4.74 Å². The second-order valence-electron chi connectivity index (χ2n) is 12.7. The predicted octanol–water partition coefficient (Wildman–Crippen LogP) is 6.57. The van der Waals surface area contributed by atoms with Crippen molar-refractivity contribution in [2.24, 2.45) is 5.92 Å². The molecule has 8 nitrogen and oxygen atoms in total. The number of rotatable bonds is 5. The van der Waals surface area contributed by atoms with Crippen LogP contribution in [0.1, 0.15) is 75.8 Å². The molecule has 9 heteroatoms. The molecule has 1 amide bonds. The number of hydrogen-bond donors (Lipinski definition) is 1. The number of para-hydroxylation sites is 1. The van der Waals surface area contributed by atoms with Crippen molar-refractivity contribution in [3.63, 3.8) is 0 Å². The Labute approximate surface area is 271 Å². The Morgan fingerprint density at radius 3 is 2.31 bits per heavy atom. The smallest absolute Gasteiger partial charge is 0.229 e. The summed E-state index contributed by atoms with van der Waals surface area (Å²) in [6, 6.07) is 14.9. The Hall–Kier alpha value is -3.27. The van der Waals surface area contributed by atoms with Crippen molar-refractivity contribution >= 4 is 40.3 Å². The predicted molar refractivity (Wildman–Crippen MR) is 185 cm³/mol. The van der Waals surface area contributed by atoms with Gasteiger partial charge < -0.3 is 14.2 Å². The Morgan fingerprint density at radius 2 is 1.73 bits per heavy atom. The highest BCUT2D eigenvalue weighted by Crippen LogP contribution is 2.46. The Kier molecular flexibility index (Phi) is 12.6. The first-order valence-electron chi connectivity index (χ1n) is 16.1. The SMILES string of the molecule is CC(=O)NS(=O)N(C)C.CC1CCN(C)CC1.COc1ccc2c(c1)C=C(C=O)Cn1c-2c(C2CCCCC2)c2ccccc21. The third-order valence-electron chi connectivity index (χ3n) is 8.94. The van der Waals surface area contributed by atoms with Crippen molar-refractivity contribution in [3.05, 3.63) is 59.2 Å². The number of amides is 1. The second-order valence-corrected chi connectivity index (χ2v) is 14.1. The van der Waals surface area contributed by atoms with Crippen LogP contribution in [-0.4, -0.2) is 71.5 Å². The van der Waals surface area contributed by atoms with Gasteiger partial charge in [0.25, 0.3) is 0 Å². The van der Waals surface area contributed by atoms with Crippen LogP contribution in [0, 0.1) is 5.92 Å². The molecule has 2 aromatic carbocycles. The molecule has 1 unspecified atom stereocenters. The topological polar surface area (TPSA) is 83.9 Å². The van der Waals surface area contributed by atoms with Gasteiger partial charge in [0, 0.05) is 43.1 Å². The molecule has 6 rings (SSSR count). The van der Waals surface area contributed by atoms with Crippen LogP contribution in [0.25, 0.3) is 28.2 Å². The molecule has 2 fully saturated rings. The number of methoxy groups -OCH3 is 1. The summed E-state index contributed by atoms with van der Waals surface area (Å²) in [7, 11) is 7.12. The Morgan fingerprint density at radius 1 is 1.04 bits per heavy atom. The van der Waals surface area contributed by atoms with E-state index >= 15 is 0 Å². The van der Waals surface area contributed by atoms with E-state index in [-0.39, 0.29) is 5.91 Å². The van der Waals surface area contributed by atoms with Crippen molar-refractivity contribution < 1.29 is 18.5 Å². The van der Waals surface area contributed by atoms with Gasteiger partial charge in [0.05, 0.1) is 19.3 Å². The molecule has 1 saturated carbocycles. The molecule has 1 saturated heterocycles. The zero-order valence-electron chi connectivity index (χ0n) is 27.8. The van der Waals surface area contributed by atoms with Crippen molar-refractivity contribution in [2.75, 3.05) is 41.3 Å². The van der Waals surface area contributed by atoms with Crippen molar-refractivity contribution in [3.8, 4) is 17.0 Å². The highest BCUT2D eigenvalue weighted by molar-refractivity contribution is 7.81. The maximum atomic E-state index is 11.8. The van der Waals surface area contributed by atoms with Crippen LogP contribution in [0.5, 0.6) is 5.75 Å². The number of ether oxygens (including phenoxy) is 1. The lowest BCUT2D eigenvalue weighted by molar-refractivity contribution is -0.117. The van der Waals surface area contributed by atoms with Gasteiger partial charge in [-0.2, -0.15) is 0 Å². The summed E-state index contributed by atoms with van der Waals surface area (Å²) in [5.74, 6) is 2.10. The zero-order valence-corrected chi connectivity index (χ0v) is 28.6. The number of benzene rings is 2. The molecule has 3 aliphatic rings. The zero-order chi connectivity index (χ0) is 32.5. The van der Waals surface area contributed by atoms with E-state index in [1.165, 1.54) is 97.0 Å². The monoisotopic (exact) mass is 634 g/mol. The average Bonchev–Trinajstić information content (AvgIpc) is 3.26. The molecule has 0 spiro atoms. The van der Waals surface area contributed by atoms with E-state index in [1.54, 1.807) is 21.2 Å². The highest BCUT2D eigenvalue weighted by Gasteiger charge is 2.28. The molecule has 45 heavy (non-hydrogen) atoms. The number of aldehydes is 1. The average molecular weight is 635 g/mol. The number of likely N-dealkylation sites (tertiary alicyclic amines) is 1. The number of carbonyl (C=O) groups is 2. The summed E-state index contributed by atoms with van der Waals surface area (Å²) in [5, 5.41) is 1.35. The summed E-state index contributed by atoms with van der Waals surface area (Å²) in [5.41, 5.74) is 7.06. The molecule has 1 aromatic heterocycles. The highest BCUT2D eigenvalue weighted by atomic mass is 32.2. The third kappa shape index (κ3) is 8.93. The first kappa shape index (κ1) is 34.6. The van der Waals surface area contributed by atoms with Gasteiger partial charge in [-0.05, 0) is 99.1 Å². The summed E-state index contributed by atoms with van der Waals surface area (Å²) in [6.45, 7) is 6.89. The minimum Gasteiger partial charge on any atom is -0.497 e. The third-order valence-corrected chi connectivity index (χ3v) is 10.1. The lowest BCUT2D eigenvalue weighted by atomic mass is 9.81. The van der Waals surface area contributed by atoms with E-state index in [0.717, 1.165) is 29.1 Å². The molecule has 0 radical (unpaired) electrons. The van der Waals surface area contributed by atoms with Gasteiger partial charge in [-0.15, -0.1) is 0 Å². The van der Waals surface area contributed by atoms with E-state index in [0.29, 0.717) is 12.5 Å². The number of aromatic nitrogens is 1. The van der Waals surface area contributed by atoms with Crippen LogP contribution >= 0.6 is 0 Å². The van der Waals surface area contributed by atoms with Gasteiger partial charge in [0.1, 0.15) is 12.0 Å². The molecule has 3 heterocycles. The lowest BCUT2D eigenvalue weighted by Gasteiger charge is -2.26. The second kappa shape index (κ2) is 16.3. The fourth-order valence-electron chi connectivity index (χ4n) is 6.44. The quantitative estimate of drug-likeness (QED) is 0.321. The summed E-state index contributed by atoms with van der Waals surface area (Å²) in [6.07, 6.45) is 12.3. The van der Waals surface area contributed by atoms with Gasteiger partial charge in [0.2, 0.25) is 5.91 Å². The molecular weight excluding hydrogens is 584 g/mol. The standard InChI is InChI=1S/C25H25NO2.C7H15N.C4H10N2O2S/c1-28-20-11-12-21-19(14-20)13-17(16-27)15-26-23-10-6-5-9-22(23)24(25(21)26)18-7-3-2-4-8-18;1-7-3-5-8(2)6-4-7;1-4(7)5-9(8)6(2)3/h5-6,9-14,16,18H,2-4,7-8,15H2,1H3;7H,3-6H2,1-2H3;1-3H3,(H,5,7). The maximum absolute atomic E-state index is 11.8. The Balaban J connectivity index is 0.000000223. The van der Waals surface area contributed by atoms with Gasteiger partial charge in [-0.25, -0.2) is 8.51 Å². The molecule has 2 aliphatic heterocycles. The molecular formula is C36H50N4O4S. The van der Waals surface area contributed by atoms with Crippen LogP contribution in [-0.2, 0) is 27.3 Å². The number of nitrogens with one attached hydrogen (secondary N) is 1. The fourth-order valence-corrected chi connectivity index (χ4v) is 6.87. The number of fused-ring (bicyclic) bond motifs is 5. The van der Waals surface area contributed by atoms with Crippen LogP contribution in [0.15, 0.2) is 48.0 Å². The largest absolute Gasteiger partial charge is 0.497 e. The van der Waals surface area contributed by atoms with Gasteiger partial charge in [-0.1, -0.05) is 44.4 Å². The molecule has 244 valence electrons. The summed E-state index contributed by atoms with van der Waals surface area (Å²) < 4.78 is 22.1. The fraction of sp³-hybridized carbons (Fsp3) is 0.500. The van der Waals surface area contributed by atoms with Crippen molar-refractivity contribution in [2.45, 2.75) is 71.3 Å². The van der Waals surface area contributed by atoms with Crippen molar-refractivity contribution in [1.29, 1.82) is 0 Å². The van der Waals surface area contributed by atoms with E-state index in [9.17, 15) is 13.8 Å². The first-order chi connectivity index (χ1) is 21.6. The molecule has 3 aromatic rings. The maximum Gasteiger partial charge on any atom is 0.229 e. The number of hydrogen-bond acceptors (Lipinski definition) is 5. The lowest BCUT2D eigenvalue weighted by Crippen LogP contribution is -2.32. The minimum absolute atomic E-state index is 0.290. The minimum atomic E-state index is -1.37. The molecule has 1 N–H and O–H groups in total. The van der Waals surface area contributed by atoms with Crippen LogP contribution in [0.2, 0.25) is 0 Å². The van der Waals surface area contributed by atoms with Crippen LogP contribution in [0.3, 0.4) is 0 Å². The van der Waals surface area contributed by atoms with E-state index < -0.39 is 11.2 Å². The summed E-state index contributed by atoms with van der Waals surface area (Å²) >= 11 is -1.37. The number of nitrogens with zero attached hydrogens (tertiary/aromatic N) is 3. The molecule has 1 atom stereocenters. The van der Waals surface area contributed by atoms with E-state index in [2.05, 4.69) is 64.6 Å². The summed E-state index contributed by atoms with van der Waals surface area (Å²) in [4.78, 5) is 24.4. The number of piperidine rings is 1. The number of carbonyl (C=O) groups excluding carboxylic acids is 2. The van der Waals surface area contributed by atoms with Gasteiger partial charge >= 0.3 is 0 Å². The van der Waals surface area contributed by atoms with Gasteiger partial charge in [-0.3, -0.25) is 14.3 Å². The van der Waals surface area contributed by atoms with Crippen LogP contribution < -0.4 is 9.46 Å². The van der Waals surface area contributed by atoms with E-state index in [1.807, 2.05) is 12.1 Å². The number of allylic oxidation sites excluding steroid dienone is 1. The van der Waals surface area contributed by atoms with Crippen molar-refractivity contribution in [1.82, 2.24) is 18.5 Å². The Bertz CT molecular complexity index is 1500. The first-order valence-corrected chi connectivity index (χ1v) is 17.2. The molecule has 0 bridgehead atoms. The molecule has 1 aliphatic carbocycles.